The second-order valence-electron chi connectivity index (χ2n) is 9.22. The lowest BCUT2D eigenvalue weighted by molar-refractivity contribution is 0.209. The fraction of sp³-hybridized carbons (Fsp3) is 0.310. The van der Waals surface area contributed by atoms with Crippen molar-refractivity contribution >= 4 is 16.8 Å². The van der Waals surface area contributed by atoms with Gasteiger partial charge in [-0.3, -0.25) is 4.90 Å². The van der Waals surface area contributed by atoms with Gasteiger partial charge >= 0.3 is 0 Å². The molecule has 3 nitrogen and oxygen atoms in total. The van der Waals surface area contributed by atoms with Crippen LogP contribution >= 0.6 is 0 Å². The van der Waals surface area contributed by atoms with Gasteiger partial charge < -0.3 is 10.0 Å². The van der Waals surface area contributed by atoms with E-state index in [0.717, 1.165) is 39.0 Å². The summed E-state index contributed by atoms with van der Waals surface area (Å²) in [6.07, 6.45) is 1.93. The summed E-state index contributed by atoms with van der Waals surface area (Å²) >= 11 is 0. The third-order valence-electron chi connectivity index (χ3n) is 6.99. The van der Waals surface area contributed by atoms with Crippen molar-refractivity contribution in [3.63, 3.8) is 0 Å². The van der Waals surface area contributed by atoms with Gasteiger partial charge in [-0.1, -0.05) is 48.5 Å². The standard InChI is InChI=1S/C29H32N2O/c1-21(2)30-16-18-31(19-17-30)25-11-8-23(9-12-25)29-27(22-6-4-3-5-7-22)14-10-24-20-26(32)13-15-28(24)29/h3-9,11-13,15,20-21,32H,10,14,16-19H2,1-2H3. The van der Waals surface area contributed by atoms with Crippen LogP contribution in [0.25, 0.3) is 11.1 Å². The molecule has 164 valence electrons. The highest BCUT2D eigenvalue weighted by Gasteiger charge is 2.23. The van der Waals surface area contributed by atoms with Crippen LogP contribution in [0.2, 0.25) is 0 Å². The van der Waals surface area contributed by atoms with E-state index in [2.05, 4.69) is 84.3 Å². The smallest absolute Gasteiger partial charge is 0.115 e. The molecule has 1 aliphatic heterocycles. The number of phenolic OH excluding ortho intramolecular Hbond substituents is 1. The molecule has 2 aliphatic rings. The molecule has 32 heavy (non-hydrogen) atoms. The number of nitrogens with zero attached hydrogens (tertiary/aromatic N) is 2. The molecule has 1 fully saturated rings. The van der Waals surface area contributed by atoms with Crippen LogP contribution in [0.1, 0.15) is 42.5 Å². The highest BCUT2D eigenvalue weighted by atomic mass is 16.3. The number of hydrogen-bond acceptors (Lipinski definition) is 3. The summed E-state index contributed by atoms with van der Waals surface area (Å²) in [5.41, 5.74) is 9.01. The number of fused-ring (bicyclic) bond motifs is 1. The summed E-state index contributed by atoms with van der Waals surface area (Å²) in [6.45, 7) is 8.98. The Balaban J connectivity index is 1.50. The van der Waals surface area contributed by atoms with E-state index in [-0.39, 0.29) is 0 Å². The first-order valence-electron chi connectivity index (χ1n) is 11.8. The van der Waals surface area contributed by atoms with Gasteiger partial charge in [-0.2, -0.15) is 0 Å². The van der Waals surface area contributed by atoms with Crippen LogP contribution in [0.15, 0.2) is 72.8 Å². The van der Waals surface area contributed by atoms with Crippen molar-refractivity contribution in [2.24, 2.45) is 0 Å². The lowest BCUT2D eigenvalue weighted by atomic mass is 9.79. The van der Waals surface area contributed by atoms with Crippen LogP contribution in [-0.4, -0.2) is 42.2 Å². The Morgan fingerprint density at radius 3 is 2.16 bits per heavy atom. The predicted molar refractivity (Wildman–Crippen MR) is 134 cm³/mol. The number of rotatable bonds is 4. The van der Waals surface area contributed by atoms with Gasteiger partial charge in [0.15, 0.2) is 0 Å². The zero-order valence-electron chi connectivity index (χ0n) is 19.1. The number of aromatic hydroxyl groups is 1. The van der Waals surface area contributed by atoms with Crippen LogP contribution in [-0.2, 0) is 6.42 Å². The van der Waals surface area contributed by atoms with Gasteiger partial charge in [-0.15, -0.1) is 0 Å². The van der Waals surface area contributed by atoms with Gasteiger partial charge in [0.25, 0.3) is 0 Å². The zero-order chi connectivity index (χ0) is 22.1. The Kier molecular flexibility index (Phi) is 5.75. The summed E-state index contributed by atoms with van der Waals surface area (Å²) < 4.78 is 0. The Morgan fingerprint density at radius 2 is 1.47 bits per heavy atom. The average Bonchev–Trinajstić information content (AvgIpc) is 2.84. The number of benzene rings is 3. The first-order chi connectivity index (χ1) is 15.6. The molecular formula is C29H32N2O. The quantitative estimate of drug-likeness (QED) is 0.571. The van der Waals surface area contributed by atoms with Crippen molar-refractivity contribution in [2.45, 2.75) is 32.7 Å². The van der Waals surface area contributed by atoms with Gasteiger partial charge in [0.05, 0.1) is 0 Å². The maximum Gasteiger partial charge on any atom is 0.115 e. The van der Waals surface area contributed by atoms with Gasteiger partial charge in [0.2, 0.25) is 0 Å². The second kappa shape index (κ2) is 8.84. The summed E-state index contributed by atoms with van der Waals surface area (Å²) in [6, 6.07) is 26.3. The molecule has 0 saturated carbocycles. The average molecular weight is 425 g/mol. The number of allylic oxidation sites excluding steroid dienone is 1. The van der Waals surface area contributed by atoms with Gasteiger partial charge in [0, 0.05) is 37.9 Å². The molecule has 1 N–H and O–H groups in total. The van der Waals surface area contributed by atoms with Gasteiger partial charge in [0.1, 0.15) is 5.75 Å². The summed E-state index contributed by atoms with van der Waals surface area (Å²) in [5, 5.41) is 10.0. The van der Waals surface area contributed by atoms with Crippen molar-refractivity contribution in [3.05, 3.63) is 95.1 Å². The molecule has 0 amide bonds. The van der Waals surface area contributed by atoms with Gasteiger partial charge in [-0.05, 0) is 84.4 Å². The van der Waals surface area contributed by atoms with Crippen LogP contribution in [0, 0.1) is 0 Å². The number of anilines is 1. The molecule has 3 aromatic rings. The molecule has 3 heteroatoms. The molecular weight excluding hydrogens is 392 g/mol. The fourth-order valence-corrected chi connectivity index (χ4v) is 5.17. The van der Waals surface area contributed by atoms with E-state index < -0.39 is 0 Å². The van der Waals surface area contributed by atoms with Crippen molar-refractivity contribution in [2.75, 3.05) is 31.1 Å². The monoisotopic (exact) mass is 424 g/mol. The Bertz CT molecular complexity index is 1110. The van der Waals surface area contributed by atoms with Crippen LogP contribution < -0.4 is 4.90 Å². The molecule has 1 saturated heterocycles. The minimum absolute atomic E-state index is 0.349. The lowest BCUT2D eigenvalue weighted by Crippen LogP contribution is -2.48. The summed E-state index contributed by atoms with van der Waals surface area (Å²) in [4.78, 5) is 5.05. The molecule has 1 heterocycles. The first-order valence-corrected chi connectivity index (χ1v) is 11.8. The molecule has 0 radical (unpaired) electrons. The molecule has 0 atom stereocenters. The maximum atomic E-state index is 10.0. The lowest BCUT2D eigenvalue weighted by Gasteiger charge is -2.38. The Morgan fingerprint density at radius 1 is 0.750 bits per heavy atom. The number of aryl methyl sites for hydroxylation is 1. The normalized spacial score (nSPS) is 17.0. The van der Waals surface area contributed by atoms with E-state index in [9.17, 15) is 5.11 Å². The minimum atomic E-state index is 0.349. The third-order valence-corrected chi connectivity index (χ3v) is 6.99. The largest absolute Gasteiger partial charge is 0.508 e. The van der Waals surface area contributed by atoms with Crippen molar-refractivity contribution < 1.29 is 5.11 Å². The fourth-order valence-electron chi connectivity index (χ4n) is 5.17. The van der Waals surface area contributed by atoms with Crippen LogP contribution in [0.4, 0.5) is 5.69 Å². The zero-order valence-corrected chi connectivity index (χ0v) is 19.1. The molecule has 0 spiro atoms. The second-order valence-corrected chi connectivity index (χ2v) is 9.22. The summed E-state index contributed by atoms with van der Waals surface area (Å²) in [7, 11) is 0. The Labute approximate surface area is 191 Å². The SMILES string of the molecule is CC(C)N1CCN(c2ccc(C3=C(c4ccccc4)CCc4cc(O)ccc43)cc2)CC1. The number of hydrogen-bond donors (Lipinski definition) is 1. The Hall–Kier alpha value is -3.04. The van der Waals surface area contributed by atoms with E-state index in [0.29, 0.717) is 11.8 Å². The minimum Gasteiger partial charge on any atom is -0.508 e. The van der Waals surface area contributed by atoms with Crippen LogP contribution in [0.3, 0.4) is 0 Å². The highest BCUT2D eigenvalue weighted by Crippen LogP contribution is 2.42. The molecule has 1 aliphatic carbocycles. The van der Waals surface area contributed by atoms with Crippen LogP contribution in [0.5, 0.6) is 5.75 Å². The van der Waals surface area contributed by atoms with E-state index >= 15 is 0 Å². The van der Waals surface area contributed by atoms with E-state index in [4.69, 9.17) is 0 Å². The van der Waals surface area contributed by atoms with Crippen molar-refractivity contribution in [1.29, 1.82) is 0 Å². The topological polar surface area (TPSA) is 26.7 Å². The predicted octanol–water partition coefficient (Wildman–Crippen LogP) is 5.83. The molecule has 0 bridgehead atoms. The molecule has 5 rings (SSSR count). The number of phenols is 1. The number of piperazine rings is 1. The molecule has 3 aromatic carbocycles. The maximum absolute atomic E-state index is 10.0. The first kappa shape index (κ1) is 20.8. The molecule has 0 aromatic heterocycles. The van der Waals surface area contributed by atoms with E-state index in [1.165, 1.54) is 39.1 Å². The highest BCUT2D eigenvalue weighted by molar-refractivity contribution is 6.01. The van der Waals surface area contributed by atoms with Crippen molar-refractivity contribution in [1.82, 2.24) is 4.90 Å². The van der Waals surface area contributed by atoms with E-state index in [1.54, 1.807) is 0 Å². The van der Waals surface area contributed by atoms with Crippen molar-refractivity contribution in [3.8, 4) is 5.75 Å². The summed E-state index contributed by atoms with van der Waals surface area (Å²) in [5.74, 6) is 0.349. The van der Waals surface area contributed by atoms with Gasteiger partial charge in [-0.25, -0.2) is 0 Å². The molecule has 0 unspecified atom stereocenters. The third kappa shape index (κ3) is 4.05. The van der Waals surface area contributed by atoms with E-state index in [1.807, 2.05) is 12.1 Å².